The number of aryl methyl sites for hydroxylation is 1. The Hall–Kier alpha value is -4.46. The van der Waals surface area contributed by atoms with E-state index in [0.29, 0.717) is 41.4 Å². The number of amides is 1. The number of nitrogens with zero attached hydrogens (tertiary/aromatic N) is 3. The Balaban J connectivity index is 1.64. The molecule has 8 nitrogen and oxygen atoms in total. The topological polar surface area (TPSA) is 94.8 Å². The molecule has 1 atom stereocenters. The van der Waals surface area contributed by atoms with Gasteiger partial charge in [-0.15, -0.1) is 0 Å². The molecule has 0 aliphatic carbocycles. The molecular formula is C30H31N3O5. The van der Waals surface area contributed by atoms with E-state index in [-0.39, 0.29) is 18.5 Å². The van der Waals surface area contributed by atoms with Gasteiger partial charge in [-0.3, -0.25) is 9.78 Å². The Morgan fingerprint density at radius 3 is 2.18 bits per heavy atom. The van der Waals surface area contributed by atoms with Crippen molar-refractivity contribution in [2.24, 2.45) is 0 Å². The summed E-state index contributed by atoms with van der Waals surface area (Å²) in [7, 11) is 0. The molecule has 2 heterocycles. The van der Waals surface area contributed by atoms with Crippen molar-refractivity contribution < 1.29 is 23.6 Å². The molecule has 0 spiro atoms. The van der Waals surface area contributed by atoms with E-state index in [9.17, 15) is 9.59 Å². The minimum atomic E-state index is -0.524. The predicted molar refractivity (Wildman–Crippen MR) is 145 cm³/mol. The normalized spacial score (nSPS) is 11.6. The minimum absolute atomic E-state index is 0.212. The van der Waals surface area contributed by atoms with Gasteiger partial charge < -0.3 is 14.0 Å². The lowest BCUT2D eigenvalue weighted by molar-refractivity contribution is -0.145. The average Bonchev–Trinajstić information content (AvgIpc) is 3.31. The number of ether oxygens (including phenoxy) is 2. The highest BCUT2D eigenvalue weighted by Gasteiger charge is 2.28. The van der Waals surface area contributed by atoms with Gasteiger partial charge in [0.25, 0.3) is 0 Å². The smallest absolute Gasteiger partial charge is 0.419 e. The van der Waals surface area contributed by atoms with Gasteiger partial charge in [0, 0.05) is 17.3 Å². The first-order valence-corrected chi connectivity index (χ1v) is 12.7. The Morgan fingerprint density at radius 1 is 0.895 bits per heavy atom. The fourth-order valence-electron chi connectivity index (χ4n) is 4.27. The lowest BCUT2D eigenvalue weighted by Crippen LogP contribution is -2.27. The molecule has 196 valence electrons. The molecule has 0 bridgehead atoms. The summed E-state index contributed by atoms with van der Waals surface area (Å²) in [5.74, 6) is -0.0933. The van der Waals surface area contributed by atoms with Gasteiger partial charge in [-0.2, -0.15) is 0 Å². The maximum Gasteiger partial charge on any atom is 0.419 e. The molecule has 38 heavy (non-hydrogen) atoms. The molecule has 8 heteroatoms. The molecule has 1 unspecified atom stereocenters. The van der Waals surface area contributed by atoms with Crippen LogP contribution in [0.2, 0.25) is 0 Å². The number of pyridine rings is 1. The van der Waals surface area contributed by atoms with E-state index in [1.54, 1.807) is 20.0 Å². The third-order valence-corrected chi connectivity index (χ3v) is 6.13. The van der Waals surface area contributed by atoms with Gasteiger partial charge in [0.2, 0.25) is 0 Å². The number of carbonyl (C=O) groups excluding carboxylic acids is 2. The number of esters is 1. The van der Waals surface area contributed by atoms with Crippen molar-refractivity contribution in [3.8, 4) is 22.6 Å². The van der Waals surface area contributed by atoms with Crippen molar-refractivity contribution in [1.82, 2.24) is 10.1 Å². The highest BCUT2D eigenvalue weighted by Crippen LogP contribution is 2.38. The van der Waals surface area contributed by atoms with E-state index < -0.39 is 6.09 Å². The number of hydrogen-bond donors (Lipinski definition) is 0. The summed E-state index contributed by atoms with van der Waals surface area (Å²) in [6.45, 7) is 7.91. The first kappa shape index (κ1) is 26.6. The maximum atomic E-state index is 13.0. The molecule has 0 saturated carbocycles. The maximum absolute atomic E-state index is 13.0. The molecule has 0 saturated heterocycles. The molecule has 0 aliphatic rings. The van der Waals surface area contributed by atoms with E-state index in [0.717, 1.165) is 16.8 Å². The Bertz CT molecular complexity index is 1370. The lowest BCUT2D eigenvalue weighted by Gasteiger charge is -2.22. The molecule has 2 aromatic carbocycles. The summed E-state index contributed by atoms with van der Waals surface area (Å²) in [6.07, 6.45) is 1.83. The largest absolute Gasteiger partial charge is 0.466 e. The van der Waals surface area contributed by atoms with Crippen LogP contribution in [-0.2, 0) is 14.3 Å². The summed E-state index contributed by atoms with van der Waals surface area (Å²) < 4.78 is 16.2. The standard InChI is InChI=1S/C30H31N3O5/c1-5-25(29(34)36-6-2)21-13-15-22(16-14-21)26-18-17-23(19-31-26)28-27(20(4)32-38-28)33(30(35)37-7-3)24-11-9-8-10-12-24/h8-19,25H,5-7H2,1-4H3. The zero-order valence-corrected chi connectivity index (χ0v) is 22.0. The number of para-hydroxylation sites is 1. The summed E-state index contributed by atoms with van der Waals surface area (Å²) in [4.78, 5) is 31.3. The van der Waals surface area contributed by atoms with Crippen LogP contribution in [0.5, 0.6) is 0 Å². The fraction of sp³-hybridized carbons (Fsp3) is 0.267. The average molecular weight is 514 g/mol. The lowest BCUT2D eigenvalue weighted by atomic mass is 9.95. The summed E-state index contributed by atoms with van der Waals surface area (Å²) in [5, 5.41) is 4.13. The highest BCUT2D eigenvalue weighted by atomic mass is 16.6. The van der Waals surface area contributed by atoms with Crippen LogP contribution in [0.15, 0.2) is 77.4 Å². The minimum Gasteiger partial charge on any atom is -0.466 e. The third-order valence-electron chi connectivity index (χ3n) is 6.13. The second-order valence-electron chi connectivity index (χ2n) is 8.58. The fourth-order valence-corrected chi connectivity index (χ4v) is 4.27. The zero-order valence-electron chi connectivity index (χ0n) is 22.0. The van der Waals surface area contributed by atoms with Crippen LogP contribution in [0.25, 0.3) is 22.6 Å². The van der Waals surface area contributed by atoms with E-state index in [2.05, 4.69) is 10.1 Å². The second kappa shape index (κ2) is 12.2. The van der Waals surface area contributed by atoms with Crippen LogP contribution in [0.4, 0.5) is 16.2 Å². The zero-order chi connectivity index (χ0) is 27.1. The van der Waals surface area contributed by atoms with Crippen LogP contribution in [0.3, 0.4) is 0 Å². The molecule has 0 fully saturated rings. The van der Waals surface area contributed by atoms with Crippen LogP contribution in [-0.4, -0.2) is 35.4 Å². The first-order valence-electron chi connectivity index (χ1n) is 12.7. The van der Waals surface area contributed by atoms with E-state index >= 15 is 0 Å². The SMILES string of the molecule is CCOC(=O)C(CC)c1ccc(-c2ccc(-c3onc(C)c3N(C(=O)OCC)c3ccccc3)cn2)cc1. The van der Waals surface area contributed by atoms with Crippen molar-refractivity contribution in [3.63, 3.8) is 0 Å². The molecule has 4 aromatic rings. The molecule has 1 amide bonds. The third kappa shape index (κ3) is 5.59. The number of aromatic nitrogens is 2. The highest BCUT2D eigenvalue weighted by molar-refractivity contribution is 6.00. The summed E-state index contributed by atoms with van der Waals surface area (Å²) >= 11 is 0. The van der Waals surface area contributed by atoms with Crippen LogP contribution >= 0.6 is 0 Å². The van der Waals surface area contributed by atoms with E-state index in [1.807, 2.05) is 80.6 Å². The summed E-state index contributed by atoms with van der Waals surface area (Å²) in [6, 6.07) is 20.7. The van der Waals surface area contributed by atoms with Crippen LogP contribution in [0, 0.1) is 6.92 Å². The van der Waals surface area contributed by atoms with Gasteiger partial charge in [0.1, 0.15) is 11.4 Å². The van der Waals surface area contributed by atoms with E-state index in [1.165, 1.54) is 4.90 Å². The molecule has 4 rings (SSSR count). The van der Waals surface area contributed by atoms with Gasteiger partial charge in [-0.1, -0.05) is 54.5 Å². The molecule has 0 radical (unpaired) electrons. The molecule has 2 aromatic heterocycles. The molecule has 0 aliphatic heterocycles. The number of carbonyl (C=O) groups is 2. The quantitative estimate of drug-likeness (QED) is 0.221. The van der Waals surface area contributed by atoms with E-state index in [4.69, 9.17) is 14.0 Å². The van der Waals surface area contributed by atoms with Gasteiger partial charge in [0.15, 0.2) is 5.76 Å². The number of rotatable bonds is 9. The summed E-state index contributed by atoms with van der Waals surface area (Å²) in [5.41, 5.74) is 4.92. The number of anilines is 2. The Morgan fingerprint density at radius 2 is 1.58 bits per heavy atom. The predicted octanol–water partition coefficient (Wildman–Crippen LogP) is 7.06. The van der Waals surface area contributed by atoms with Crippen molar-refractivity contribution in [1.29, 1.82) is 0 Å². The first-order chi connectivity index (χ1) is 18.5. The van der Waals surface area contributed by atoms with Gasteiger partial charge in [0.05, 0.1) is 30.5 Å². The van der Waals surface area contributed by atoms with Crippen molar-refractivity contribution >= 4 is 23.4 Å². The number of hydrogen-bond acceptors (Lipinski definition) is 7. The van der Waals surface area contributed by atoms with Gasteiger partial charge in [-0.05, 0) is 57.0 Å². The monoisotopic (exact) mass is 513 g/mol. The van der Waals surface area contributed by atoms with Gasteiger partial charge in [-0.25, -0.2) is 9.69 Å². The van der Waals surface area contributed by atoms with Crippen LogP contribution in [0.1, 0.15) is 44.4 Å². The van der Waals surface area contributed by atoms with Crippen LogP contribution < -0.4 is 4.90 Å². The Kier molecular flexibility index (Phi) is 8.53. The van der Waals surface area contributed by atoms with Crippen molar-refractivity contribution in [2.45, 2.75) is 40.0 Å². The van der Waals surface area contributed by atoms with Gasteiger partial charge >= 0.3 is 12.1 Å². The second-order valence-corrected chi connectivity index (χ2v) is 8.58. The Labute approximate surface area is 222 Å². The number of benzene rings is 2. The van der Waals surface area contributed by atoms with Crippen molar-refractivity contribution in [2.75, 3.05) is 18.1 Å². The molecular weight excluding hydrogens is 482 g/mol. The molecule has 0 N–H and O–H groups in total. The van der Waals surface area contributed by atoms with Crippen molar-refractivity contribution in [3.05, 3.63) is 84.2 Å².